The first-order valence-corrected chi connectivity index (χ1v) is 7.84. The fourth-order valence-corrected chi connectivity index (χ4v) is 2.00. The average Bonchev–Trinajstić information content (AvgIpc) is 2.59. The molecular weight excluding hydrogens is 311 g/mol. The molecule has 5 nitrogen and oxygen atoms in total. The molecule has 6 heteroatoms. The fourth-order valence-electron chi connectivity index (χ4n) is 2.00. The second-order valence-corrected chi connectivity index (χ2v) is 4.96. The zero-order valence-electron chi connectivity index (χ0n) is 13.5. The van der Waals surface area contributed by atoms with E-state index in [4.69, 9.17) is 9.47 Å². The van der Waals surface area contributed by atoms with Crippen LogP contribution in [0.15, 0.2) is 48.5 Å². The van der Waals surface area contributed by atoms with Gasteiger partial charge in [-0.15, -0.1) is 0 Å². The minimum Gasteiger partial charge on any atom is -0.455 e. The number of anilines is 1. The molecule has 0 aliphatic rings. The van der Waals surface area contributed by atoms with Crippen LogP contribution in [-0.4, -0.2) is 25.8 Å². The number of hydrogen-bond acceptors (Lipinski definition) is 3. The normalized spacial score (nSPS) is 10.2. The van der Waals surface area contributed by atoms with Gasteiger partial charge in [-0.2, -0.15) is 0 Å². The minimum atomic E-state index is -0.562. The van der Waals surface area contributed by atoms with Crippen LogP contribution in [0.5, 0.6) is 11.5 Å². The zero-order chi connectivity index (χ0) is 17.2. The Balaban J connectivity index is 1.97. The summed E-state index contributed by atoms with van der Waals surface area (Å²) in [4.78, 5) is 11.9. The molecule has 0 aromatic heterocycles. The van der Waals surface area contributed by atoms with Gasteiger partial charge < -0.3 is 20.1 Å². The van der Waals surface area contributed by atoms with Gasteiger partial charge in [0, 0.05) is 19.8 Å². The number of amides is 2. The molecule has 0 aliphatic heterocycles. The van der Waals surface area contributed by atoms with Crippen LogP contribution in [0, 0.1) is 5.82 Å². The standard InChI is InChI=1S/C18H21FN2O3/c1-2-23-13-7-12-20-18(22)21-17-15(19)10-6-11-16(17)24-14-8-4-3-5-9-14/h3-6,8-11H,2,7,12-13H2,1H3,(H2,20,21,22). The van der Waals surface area contributed by atoms with Crippen LogP contribution >= 0.6 is 0 Å². The van der Waals surface area contributed by atoms with E-state index < -0.39 is 11.8 Å². The summed E-state index contributed by atoms with van der Waals surface area (Å²) in [6.07, 6.45) is 0.686. The highest BCUT2D eigenvalue weighted by Crippen LogP contribution is 2.31. The maximum Gasteiger partial charge on any atom is 0.319 e. The zero-order valence-corrected chi connectivity index (χ0v) is 13.5. The summed E-state index contributed by atoms with van der Waals surface area (Å²) >= 11 is 0. The molecular formula is C18H21FN2O3. The highest BCUT2D eigenvalue weighted by Gasteiger charge is 2.13. The van der Waals surface area contributed by atoms with Crippen LogP contribution in [0.25, 0.3) is 0 Å². The van der Waals surface area contributed by atoms with Crippen molar-refractivity contribution in [1.82, 2.24) is 5.32 Å². The summed E-state index contributed by atoms with van der Waals surface area (Å²) in [6, 6.07) is 12.9. The van der Waals surface area contributed by atoms with Gasteiger partial charge in [-0.25, -0.2) is 9.18 Å². The average molecular weight is 332 g/mol. The summed E-state index contributed by atoms with van der Waals surface area (Å²) in [5.74, 6) is 0.238. The molecule has 2 amide bonds. The lowest BCUT2D eigenvalue weighted by molar-refractivity contribution is 0.145. The third-order valence-electron chi connectivity index (χ3n) is 3.14. The van der Waals surface area contributed by atoms with Crippen molar-refractivity contribution in [3.63, 3.8) is 0 Å². The molecule has 0 heterocycles. The molecule has 0 saturated carbocycles. The lowest BCUT2D eigenvalue weighted by Crippen LogP contribution is -2.30. The number of ether oxygens (including phenoxy) is 2. The Morgan fingerprint density at radius 3 is 2.67 bits per heavy atom. The molecule has 0 radical (unpaired) electrons. The maximum absolute atomic E-state index is 14.1. The first-order chi connectivity index (χ1) is 11.7. The van der Waals surface area contributed by atoms with Gasteiger partial charge in [-0.05, 0) is 37.6 Å². The Labute approximate surface area is 140 Å². The Hall–Kier alpha value is -2.60. The minimum absolute atomic E-state index is 0.00339. The Morgan fingerprint density at radius 2 is 1.92 bits per heavy atom. The molecule has 0 fully saturated rings. The second-order valence-electron chi connectivity index (χ2n) is 4.96. The topological polar surface area (TPSA) is 59.6 Å². The number of halogens is 1. The van der Waals surface area contributed by atoms with Crippen molar-refractivity contribution < 1.29 is 18.7 Å². The molecule has 0 saturated heterocycles. The third-order valence-corrected chi connectivity index (χ3v) is 3.14. The van der Waals surface area contributed by atoms with E-state index in [2.05, 4.69) is 10.6 Å². The first-order valence-electron chi connectivity index (χ1n) is 7.84. The van der Waals surface area contributed by atoms with E-state index in [1.807, 2.05) is 25.1 Å². The number of benzene rings is 2. The van der Waals surface area contributed by atoms with Crippen LogP contribution in [0.3, 0.4) is 0 Å². The van der Waals surface area contributed by atoms with Gasteiger partial charge in [0.05, 0.1) is 0 Å². The molecule has 2 aromatic rings. The number of rotatable bonds is 8. The van der Waals surface area contributed by atoms with Gasteiger partial charge in [0.1, 0.15) is 11.4 Å². The van der Waals surface area contributed by atoms with Crippen molar-refractivity contribution in [3.05, 3.63) is 54.3 Å². The smallest absolute Gasteiger partial charge is 0.319 e. The van der Waals surface area contributed by atoms with Crippen LogP contribution < -0.4 is 15.4 Å². The van der Waals surface area contributed by atoms with Crippen molar-refractivity contribution in [3.8, 4) is 11.5 Å². The van der Waals surface area contributed by atoms with E-state index in [-0.39, 0.29) is 11.4 Å². The monoisotopic (exact) mass is 332 g/mol. The molecule has 0 aliphatic carbocycles. The summed E-state index contributed by atoms with van der Waals surface area (Å²) in [5, 5.41) is 5.16. The van der Waals surface area contributed by atoms with Gasteiger partial charge >= 0.3 is 6.03 Å². The molecule has 0 unspecified atom stereocenters. The number of carbonyl (C=O) groups is 1. The van der Waals surface area contributed by atoms with Crippen LogP contribution in [0.1, 0.15) is 13.3 Å². The van der Waals surface area contributed by atoms with E-state index in [1.54, 1.807) is 18.2 Å². The molecule has 2 rings (SSSR count). The summed E-state index contributed by atoms with van der Waals surface area (Å²) in [7, 11) is 0. The number of urea groups is 1. The second kappa shape index (κ2) is 9.52. The fraction of sp³-hybridized carbons (Fsp3) is 0.278. The maximum atomic E-state index is 14.1. The summed E-state index contributed by atoms with van der Waals surface area (Å²) in [6.45, 7) is 3.56. The number of carbonyl (C=O) groups excluding carboxylic acids is 1. The largest absolute Gasteiger partial charge is 0.455 e. The van der Waals surface area contributed by atoms with E-state index in [0.29, 0.717) is 31.9 Å². The van der Waals surface area contributed by atoms with Crippen molar-refractivity contribution >= 4 is 11.7 Å². The first kappa shape index (κ1) is 17.7. The van der Waals surface area contributed by atoms with Crippen molar-refractivity contribution in [2.75, 3.05) is 25.1 Å². The number of para-hydroxylation sites is 2. The highest BCUT2D eigenvalue weighted by atomic mass is 19.1. The lowest BCUT2D eigenvalue weighted by atomic mass is 10.2. The molecule has 0 bridgehead atoms. The van der Waals surface area contributed by atoms with Crippen molar-refractivity contribution in [2.45, 2.75) is 13.3 Å². The predicted octanol–water partition coefficient (Wildman–Crippen LogP) is 4.17. The highest BCUT2D eigenvalue weighted by molar-refractivity contribution is 5.91. The van der Waals surface area contributed by atoms with Gasteiger partial charge in [0.15, 0.2) is 11.6 Å². The Kier molecular flexibility index (Phi) is 7.04. The van der Waals surface area contributed by atoms with Gasteiger partial charge in [0.2, 0.25) is 0 Å². The molecule has 0 spiro atoms. The molecule has 0 atom stereocenters. The van der Waals surface area contributed by atoms with Crippen LogP contribution in [0.2, 0.25) is 0 Å². The molecule has 2 aromatic carbocycles. The number of nitrogens with one attached hydrogen (secondary N) is 2. The van der Waals surface area contributed by atoms with Crippen LogP contribution in [-0.2, 0) is 4.74 Å². The van der Waals surface area contributed by atoms with E-state index in [9.17, 15) is 9.18 Å². The Bertz CT molecular complexity index is 650. The molecule has 24 heavy (non-hydrogen) atoms. The van der Waals surface area contributed by atoms with Crippen molar-refractivity contribution in [1.29, 1.82) is 0 Å². The third kappa shape index (κ3) is 5.55. The SMILES string of the molecule is CCOCCCNC(=O)Nc1c(F)cccc1Oc1ccccc1. The van der Waals surface area contributed by atoms with E-state index in [0.717, 1.165) is 0 Å². The lowest BCUT2D eigenvalue weighted by Gasteiger charge is -2.13. The molecule has 2 N–H and O–H groups in total. The van der Waals surface area contributed by atoms with E-state index in [1.165, 1.54) is 12.1 Å². The van der Waals surface area contributed by atoms with Crippen molar-refractivity contribution in [2.24, 2.45) is 0 Å². The molecule has 128 valence electrons. The van der Waals surface area contributed by atoms with Gasteiger partial charge in [-0.3, -0.25) is 0 Å². The number of hydrogen-bond donors (Lipinski definition) is 2. The van der Waals surface area contributed by atoms with Gasteiger partial charge in [-0.1, -0.05) is 24.3 Å². The Morgan fingerprint density at radius 1 is 1.12 bits per heavy atom. The predicted molar refractivity (Wildman–Crippen MR) is 91.0 cm³/mol. The van der Waals surface area contributed by atoms with E-state index >= 15 is 0 Å². The van der Waals surface area contributed by atoms with Crippen LogP contribution in [0.4, 0.5) is 14.9 Å². The summed E-state index contributed by atoms with van der Waals surface area (Å²) in [5.41, 5.74) is 0.00339. The quantitative estimate of drug-likeness (QED) is 0.713. The summed E-state index contributed by atoms with van der Waals surface area (Å²) < 4.78 is 24.9. The van der Waals surface area contributed by atoms with Gasteiger partial charge in [0.25, 0.3) is 0 Å².